The highest BCUT2D eigenvalue weighted by atomic mass is 32.1. The molecule has 0 spiro atoms. The molecule has 2 fully saturated rings. The maximum absolute atomic E-state index is 13.8. The van der Waals surface area contributed by atoms with E-state index in [1.165, 1.54) is 5.69 Å². The molecule has 0 aromatic heterocycles. The third-order valence-corrected chi connectivity index (χ3v) is 8.26. The summed E-state index contributed by atoms with van der Waals surface area (Å²) in [6.45, 7) is 7.86. The molecule has 2 amide bonds. The number of carbonyl (C=O) groups is 2. The Balaban J connectivity index is 1.23. The second-order valence-corrected chi connectivity index (χ2v) is 11.0. The van der Waals surface area contributed by atoms with E-state index in [-0.39, 0.29) is 18.2 Å². The highest BCUT2D eigenvalue weighted by molar-refractivity contribution is 7.80. The van der Waals surface area contributed by atoms with Crippen LogP contribution in [0.2, 0.25) is 0 Å². The van der Waals surface area contributed by atoms with Gasteiger partial charge in [-0.25, -0.2) is 0 Å². The molecule has 0 saturated carbocycles. The Morgan fingerprint density at radius 3 is 2.21 bits per heavy atom. The predicted molar refractivity (Wildman–Crippen MR) is 174 cm³/mol. The fourth-order valence-corrected chi connectivity index (χ4v) is 5.99. The first-order valence-electron chi connectivity index (χ1n) is 14.8. The summed E-state index contributed by atoms with van der Waals surface area (Å²) in [5.41, 5.74) is 2.56. The van der Waals surface area contributed by atoms with Gasteiger partial charge < -0.3 is 24.6 Å². The molecular formula is C33H39N5O4S. The summed E-state index contributed by atoms with van der Waals surface area (Å²) >= 11 is 5.87. The molecule has 1 unspecified atom stereocenters. The molecule has 1 atom stereocenters. The van der Waals surface area contributed by atoms with Crippen LogP contribution < -0.4 is 24.6 Å². The Morgan fingerprint density at radius 1 is 0.884 bits per heavy atom. The van der Waals surface area contributed by atoms with Crippen LogP contribution in [0, 0.1) is 0 Å². The van der Waals surface area contributed by atoms with Crippen LogP contribution in [0.25, 0.3) is 0 Å². The molecule has 2 aliphatic heterocycles. The fourth-order valence-electron chi connectivity index (χ4n) is 5.58. The molecule has 3 aromatic carbocycles. The summed E-state index contributed by atoms with van der Waals surface area (Å²) < 4.78 is 10.8. The Morgan fingerprint density at radius 2 is 1.56 bits per heavy atom. The summed E-state index contributed by atoms with van der Waals surface area (Å²) in [6.07, 6.45) is 0.820. The number of thiocarbonyl (C=S) groups is 1. The molecule has 9 nitrogen and oxygen atoms in total. The van der Waals surface area contributed by atoms with E-state index in [0.29, 0.717) is 35.4 Å². The van der Waals surface area contributed by atoms with Gasteiger partial charge in [-0.3, -0.25) is 19.4 Å². The van der Waals surface area contributed by atoms with Gasteiger partial charge in [-0.05, 0) is 92.8 Å². The van der Waals surface area contributed by atoms with Crippen molar-refractivity contribution in [2.24, 2.45) is 0 Å². The number of carbonyl (C=O) groups excluding carboxylic acids is 2. The van der Waals surface area contributed by atoms with E-state index in [4.69, 9.17) is 21.7 Å². The van der Waals surface area contributed by atoms with Crippen LogP contribution in [0.4, 0.5) is 17.1 Å². The Hall–Kier alpha value is -4.15. The van der Waals surface area contributed by atoms with Crippen LogP contribution in [0.5, 0.6) is 11.5 Å². The van der Waals surface area contributed by atoms with Gasteiger partial charge in [0.2, 0.25) is 5.91 Å². The van der Waals surface area contributed by atoms with Gasteiger partial charge in [0.25, 0.3) is 5.91 Å². The number of amides is 2. The second kappa shape index (κ2) is 14.3. The monoisotopic (exact) mass is 601 g/mol. The minimum absolute atomic E-state index is 0.00567. The number of hydrogen-bond acceptors (Lipinski definition) is 7. The number of methoxy groups -OCH3 is 1. The third-order valence-electron chi connectivity index (χ3n) is 7.84. The first kappa shape index (κ1) is 30.3. The summed E-state index contributed by atoms with van der Waals surface area (Å²) in [6, 6.07) is 24.3. The zero-order valence-electron chi connectivity index (χ0n) is 24.8. The number of nitrogens with zero attached hydrogens (tertiary/aromatic N) is 4. The van der Waals surface area contributed by atoms with Gasteiger partial charge >= 0.3 is 0 Å². The largest absolute Gasteiger partial charge is 0.497 e. The molecule has 3 aromatic rings. The van der Waals surface area contributed by atoms with Crippen LogP contribution in [0.3, 0.4) is 0 Å². The zero-order chi connectivity index (χ0) is 30.2. The molecule has 0 aliphatic carbocycles. The molecule has 43 heavy (non-hydrogen) atoms. The highest BCUT2D eigenvalue weighted by Crippen LogP contribution is 2.29. The Labute approximate surface area is 259 Å². The first-order valence-corrected chi connectivity index (χ1v) is 15.2. The average Bonchev–Trinajstić information content (AvgIpc) is 3.26. The first-order chi connectivity index (χ1) is 21.0. The predicted octanol–water partition coefficient (Wildman–Crippen LogP) is 4.64. The maximum atomic E-state index is 13.8. The number of ether oxygens (including phenoxy) is 2. The molecule has 226 valence electrons. The van der Waals surface area contributed by atoms with Gasteiger partial charge in [0.15, 0.2) is 5.11 Å². The topological polar surface area (TPSA) is 77.6 Å². The fraction of sp³-hybridized carbons (Fsp3) is 0.364. The van der Waals surface area contributed by atoms with E-state index in [0.717, 1.165) is 44.9 Å². The lowest BCUT2D eigenvalue weighted by atomic mass is 10.1. The van der Waals surface area contributed by atoms with Gasteiger partial charge in [0, 0.05) is 44.1 Å². The van der Waals surface area contributed by atoms with Crippen LogP contribution in [0.1, 0.15) is 19.8 Å². The van der Waals surface area contributed by atoms with Crippen LogP contribution in [-0.4, -0.2) is 85.8 Å². The van der Waals surface area contributed by atoms with Crippen molar-refractivity contribution in [3.63, 3.8) is 0 Å². The van der Waals surface area contributed by atoms with E-state index >= 15 is 0 Å². The normalized spacial score (nSPS) is 17.3. The lowest BCUT2D eigenvalue weighted by Crippen LogP contribution is -2.47. The minimum atomic E-state index is -0.688. The van der Waals surface area contributed by atoms with Gasteiger partial charge in [0.05, 0.1) is 25.8 Å². The number of piperazine rings is 1. The van der Waals surface area contributed by atoms with Crippen molar-refractivity contribution in [3.8, 4) is 11.5 Å². The summed E-state index contributed by atoms with van der Waals surface area (Å²) in [4.78, 5) is 35.3. The number of para-hydroxylation sites is 1. The van der Waals surface area contributed by atoms with Crippen molar-refractivity contribution in [2.75, 3.05) is 68.1 Å². The van der Waals surface area contributed by atoms with E-state index in [9.17, 15) is 9.59 Å². The van der Waals surface area contributed by atoms with Crippen molar-refractivity contribution >= 4 is 46.2 Å². The molecule has 0 bridgehead atoms. The molecule has 2 aliphatic rings. The smallest absolute Gasteiger partial charge is 0.256 e. The molecular weight excluding hydrogens is 562 g/mol. The highest BCUT2D eigenvalue weighted by Gasteiger charge is 2.44. The average molecular weight is 602 g/mol. The van der Waals surface area contributed by atoms with Gasteiger partial charge in [-0.2, -0.15) is 0 Å². The van der Waals surface area contributed by atoms with Gasteiger partial charge in [-0.15, -0.1) is 0 Å². The minimum Gasteiger partial charge on any atom is -0.497 e. The summed E-state index contributed by atoms with van der Waals surface area (Å²) in [5.74, 6) is 0.980. The number of nitrogens with one attached hydrogen (secondary N) is 1. The second-order valence-electron chi connectivity index (χ2n) is 10.6. The van der Waals surface area contributed by atoms with E-state index in [2.05, 4.69) is 39.4 Å². The van der Waals surface area contributed by atoms with Crippen LogP contribution >= 0.6 is 12.2 Å². The standard InChI is InChI=1S/C33H39N5O4S/c1-3-42-29-16-12-27(13-17-29)38-32(40)30(24-31(39)34-25-10-14-28(41-2)15-11-25)37(33(38)43)19-7-18-35-20-22-36(23-21-35)26-8-5-4-6-9-26/h4-6,8-17,30H,3,7,18-24H2,1-2H3,(H,34,39). The Kier molecular flexibility index (Phi) is 10.1. The summed E-state index contributed by atoms with van der Waals surface area (Å²) in [5, 5.41) is 3.33. The number of hydrogen-bond donors (Lipinski definition) is 1. The van der Waals surface area contributed by atoms with E-state index < -0.39 is 6.04 Å². The van der Waals surface area contributed by atoms with Crippen LogP contribution in [0.15, 0.2) is 78.9 Å². The Bertz CT molecular complexity index is 1380. The van der Waals surface area contributed by atoms with E-state index in [1.807, 2.05) is 42.2 Å². The van der Waals surface area contributed by atoms with Gasteiger partial charge in [-0.1, -0.05) is 18.2 Å². The summed E-state index contributed by atoms with van der Waals surface area (Å²) in [7, 11) is 1.59. The lowest BCUT2D eigenvalue weighted by molar-refractivity contribution is -0.124. The van der Waals surface area contributed by atoms with Crippen molar-refractivity contribution in [1.82, 2.24) is 9.80 Å². The number of anilines is 3. The lowest BCUT2D eigenvalue weighted by Gasteiger charge is -2.36. The van der Waals surface area contributed by atoms with Crippen LogP contribution in [-0.2, 0) is 9.59 Å². The molecule has 5 rings (SSSR count). The molecule has 1 N–H and O–H groups in total. The molecule has 2 saturated heterocycles. The van der Waals surface area contributed by atoms with E-state index in [1.54, 1.807) is 36.3 Å². The van der Waals surface area contributed by atoms with Crippen molar-refractivity contribution < 1.29 is 19.1 Å². The molecule has 0 radical (unpaired) electrons. The maximum Gasteiger partial charge on any atom is 0.256 e. The third kappa shape index (κ3) is 7.44. The van der Waals surface area contributed by atoms with Crippen molar-refractivity contribution in [3.05, 3.63) is 78.9 Å². The van der Waals surface area contributed by atoms with Crippen molar-refractivity contribution in [2.45, 2.75) is 25.8 Å². The number of benzene rings is 3. The van der Waals surface area contributed by atoms with Gasteiger partial charge in [0.1, 0.15) is 17.5 Å². The molecule has 10 heteroatoms. The SMILES string of the molecule is CCOc1ccc(N2C(=O)C(CC(=O)Nc3ccc(OC)cc3)N(CCCN3CCN(c4ccccc4)CC3)C2=S)cc1. The molecule has 2 heterocycles. The van der Waals surface area contributed by atoms with Crippen molar-refractivity contribution in [1.29, 1.82) is 0 Å². The quantitative estimate of drug-likeness (QED) is 0.301. The zero-order valence-corrected chi connectivity index (χ0v) is 25.6. The number of rotatable bonds is 12.